The minimum atomic E-state index is -1.02. The van der Waals surface area contributed by atoms with Crippen molar-refractivity contribution in [3.63, 3.8) is 0 Å². The lowest BCUT2D eigenvalue weighted by Crippen LogP contribution is -2.40. The molecule has 1 aromatic rings. The van der Waals surface area contributed by atoms with Gasteiger partial charge in [0, 0.05) is 18.0 Å². The number of hydrogen-bond donors (Lipinski definition) is 2. The van der Waals surface area contributed by atoms with Crippen LogP contribution in [0.2, 0.25) is 5.02 Å². The fourth-order valence-electron chi connectivity index (χ4n) is 1.75. The second-order valence-corrected chi connectivity index (χ2v) is 4.53. The fraction of sp³-hybridized carbons (Fsp3) is 0.500. The van der Waals surface area contributed by atoms with Crippen molar-refractivity contribution in [3.05, 3.63) is 34.6 Å². The summed E-state index contributed by atoms with van der Waals surface area (Å²) < 4.78 is 13.5. The molecule has 0 bridgehead atoms. The first-order valence-corrected chi connectivity index (χ1v) is 5.75. The first-order valence-electron chi connectivity index (χ1n) is 5.37. The lowest BCUT2D eigenvalue weighted by Gasteiger charge is -2.26. The largest absolute Gasteiger partial charge is 0.388 e. The van der Waals surface area contributed by atoms with Gasteiger partial charge in [-0.3, -0.25) is 0 Å². The van der Waals surface area contributed by atoms with E-state index in [0.717, 1.165) is 6.42 Å². The molecule has 0 saturated carbocycles. The minimum Gasteiger partial charge on any atom is -0.388 e. The molecule has 0 saturated heterocycles. The number of aliphatic hydroxyl groups is 1. The zero-order chi connectivity index (χ0) is 12.2. The Morgan fingerprint density at radius 1 is 1.50 bits per heavy atom. The summed E-state index contributed by atoms with van der Waals surface area (Å²) in [5, 5.41) is 10.5. The number of halogens is 2. The smallest absolute Gasteiger partial charge is 0.127 e. The van der Waals surface area contributed by atoms with E-state index in [1.807, 2.05) is 6.92 Å². The molecule has 90 valence electrons. The highest BCUT2D eigenvalue weighted by Crippen LogP contribution is 2.22. The summed E-state index contributed by atoms with van der Waals surface area (Å²) in [7, 11) is 0. The van der Waals surface area contributed by atoms with Crippen LogP contribution in [-0.4, -0.2) is 17.3 Å². The van der Waals surface area contributed by atoms with Crippen molar-refractivity contribution in [2.75, 3.05) is 6.54 Å². The van der Waals surface area contributed by atoms with Crippen LogP contribution in [0.3, 0.4) is 0 Å². The van der Waals surface area contributed by atoms with Crippen molar-refractivity contribution < 1.29 is 9.50 Å². The third kappa shape index (κ3) is 3.44. The van der Waals surface area contributed by atoms with Crippen molar-refractivity contribution in [2.24, 2.45) is 5.73 Å². The Morgan fingerprint density at radius 3 is 2.69 bits per heavy atom. The average Bonchev–Trinajstić information content (AvgIpc) is 2.23. The number of hydrogen-bond acceptors (Lipinski definition) is 2. The van der Waals surface area contributed by atoms with Crippen LogP contribution in [-0.2, 0) is 6.42 Å². The van der Waals surface area contributed by atoms with Gasteiger partial charge in [-0.15, -0.1) is 0 Å². The van der Waals surface area contributed by atoms with Gasteiger partial charge in [0.2, 0.25) is 0 Å². The zero-order valence-electron chi connectivity index (χ0n) is 9.34. The standard InChI is InChI=1S/C12H17ClFNO/c1-2-5-12(16,8-15)7-9-3-4-10(13)6-11(9)14/h3-4,6,16H,2,5,7-8,15H2,1H3. The first kappa shape index (κ1) is 13.4. The number of benzene rings is 1. The Bertz CT molecular complexity index is 359. The monoisotopic (exact) mass is 245 g/mol. The number of nitrogens with two attached hydrogens (primary N) is 1. The molecule has 0 aliphatic heterocycles. The normalized spacial score (nSPS) is 14.8. The summed E-state index contributed by atoms with van der Waals surface area (Å²) in [5.41, 5.74) is 4.95. The van der Waals surface area contributed by atoms with Crippen LogP contribution >= 0.6 is 11.6 Å². The Hall–Kier alpha value is -0.640. The summed E-state index contributed by atoms with van der Waals surface area (Å²) >= 11 is 5.66. The van der Waals surface area contributed by atoms with Gasteiger partial charge in [-0.1, -0.05) is 31.0 Å². The molecule has 0 aliphatic rings. The van der Waals surface area contributed by atoms with Crippen LogP contribution in [0.15, 0.2) is 18.2 Å². The van der Waals surface area contributed by atoms with E-state index >= 15 is 0 Å². The van der Waals surface area contributed by atoms with E-state index in [2.05, 4.69) is 0 Å². The van der Waals surface area contributed by atoms with Gasteiger partial charge < -0.3 is 10.8 Å². The maximum absolute atomic E-state index is 13.5. The van der Waals surface area contributed by atoms with E-state index in [-0.39, 0.29) is 13.0 Å². The number of rotatable bonds is 5. The van der Waals surface area contributed by atoms with Crippen molar-refractivity contribution in [3.8, 4) is 0 Å². The molecule has 1 rings (SSSR count). The molecule has 2 nitrogen and oxygen atoms in total. The van der Waals surface area contributed by atoms with Crippen molar-refractivity contribution in [1.29, 1.82) is 0 Å². The van der Waals surface area contributed by atoms with Crippen LogP contribution < -0.4 is 5.73 Å². The molecule has 16 heavy (non-hydrogen) atoms. The predicted octanol–water partition coefficient (Wildman–Crippen LogP) is 2.51. The van der Waals surface area contributed by atoms with E-state index in [1.54, 1.807) is 12.1 Å². The van der Waals surface area contributed by atoms with Crippen LogP contribution in [0.4, 0.5) is 4.39 Å². The molecule has 1 aromatic carbocycles. The first-order chi connectivity index (χ1) is 7.50. The van der Waals surface area contributed by atoms with Gasteiger partial charge in [0.25, 0.3) is 0 Å². The predicted molar refractivity (Wildman–Crippen MR) is 64.0 cm³/mol. The van der Waals surface area contributed by atoms with Crippen molar-refractivity contribution in [1.82, 2.24) is 0 Å². The van der Waals surface area contributed by atoms with Gasteiger partial charge in [-0.25, -0.2) is 4.39 Å². The lowest BCUT2D eigenvalue weighted by atomic mass is 9.90. The molecule has 0 amide bonds. The van der Waals surface area contributed by atoms with Gasteiger partial charge >= 0.3 is 0 Å². The van der Waals surface area contributed by atoms with Crippen LogP contribution in [0.1, 0.15) is 25.3 Å². The van der Waals surface area contributed by atoms with Crippen molar-refractivity contribution in [2.45, 2.75) is 31.8 Å². The highest BCUT2D eigenvalue weighted by Gasteiger charge is 2.25. The van der Waals surface area contributed by atoms with Gasteiger partial charge in [-0.05, 0) is 24.1 Å². The average molecular weight is 246 g/mol. The second-order valence-electron chi connectivity index (χ2n) is 4.09. The lowest BCUT2D eigenvalue weighted by molar-refractivity contribution is 0.0391. The van der Waals surface area contributed by atoms with Gasteiger partial charge in [0.15, 0.2) is 0 Å². The molecule has 1 atom stereocenters. The summed E-state index contributed by atoms with van der Waals surface area (Å²) in [6, 6.07) is 4.45. The van der Waals surface area contributed by atoms with E-state index in [9.17, 15) is 9.50 Å². The summed E-state index contributed by atoms with van der Waals surface area (Å²) in [5.74, 6) is -0.393. The zero-order valence-corrected chi connectivity index (χ0v) is 10.1. The van der Waals surface area contributed by atoms with E-state index < -0.39 is 11.4 Å². The molecule has 1 unspecified atom stereocenters. The molecule has 0 fully saturated rings. The van der Waals surface area contributed by atoms with Crippen LogP contribution in [0.5, 0.6) is 0 Å². The van der Waals surface area contributed by atoms with Crippen molar-refractivity contribution >= 4 is 11.6 Å². The van der Waals surface area contributed by atoms with Gasteiger partial charge in [0.05, 0.1) is 5.60 Å². The highest BCUT2D eigenvalue weighted by atomic mass is 35.5. The second kappa shape index (κ2) is 5.62. The molecule has 4 heteroatoms. The molecular formula is C12H17ClFNO. The summed E-state index contributed by atoms with van der Waals surface area (Å²) in [4.78, 5) is 0. The van der Waals surface area contributed by atoms with Gasteiger partial charge in [0.1, 0.15) is 5.82 Å². The Kier molecular flexibility index (Phi) is 4.71. The maximum atomic E-state index is 13.5. The molecule has 0 aromatic heterocycles. The SMILES string of the molecule is CCCC(O)(CN)Cc1ccc(Cl)cc1F. The van der Waals surface area contributed by atoms with E-state index in [1.165, 1.54) is 6.07 Å². The third-order valence-corrected chi connectivity index (χ3v) is 2.87. The maximum Gasteiger partial charge on any atom is 0.127 e. The van der Waals surface area contributed by atoms with E-state index in [0.29, 0.717) is 17.0 Å². The molecular weight excluding hydrogens is 229 g/mol. The summed E-state index contributed by atoms with van der Waals surface area (Å²) in [6.45, 7) is 2.09. The molecule has 0 spiro atoms. The molecule has 0 heterocycles. The Balaban J connectivity index is 2.85. The van der Waals surface area contributed by atoms with Gasteiger partial charge in [-0.2, -0.15) is 0 Å². The molecule has 0 aliphatic carbocycles. The van der Waals surface area contributed by atoms with E-state index in [4.69, 9.17) is 17.3 Å². The topological polar surface area (TPSA) is 46.2 Å². The summed E-state index contributed by atoms with van der Waals surface area (Å²) in [6.07, 6.45) is 1.59. The van der Waals surface area contributed by atoms with Crippen LogP contribution in [0, 0.1) is 5.82 Å². The Labute approximate surface area is 100 Å². The third-order valence-electron chi connectivity index (χ3n) is 2.63. The Morgan fingerprint density at radius 2 is 2.19 bits per heavy atom. The highest BCUT2D eigenvalue weighted by molar-refractivity contribution is 6.30. The quantitative estimate of drug-likeness (QED) is 0.837. The fourth-order valence-corrected chi connectivity index (χ4v) is 1.91. The molecule has 3 N–H and O–H groups in total. The molecule has 0 radical (unpaired) electrons. The minimum absolute atomic E-state index is 0.128. The van der Waals surface area contributed by atoms with Crippen LogP contribution in [0.25, 0.3) is 0 Å².